The molecule has 2 aromatic heterocycles. The number of hydrogen-bond acceptors (Lipinski definition) is 4. The number of nitrogens with zero attached hydrogens (tertiary/aromatic N) is 1. The zero-order chi connectivity index (χ0) is 18.1. The summed E-state index contributed by atoms with van der Waals surface area (Å²) < 4.78 is 28.6. The molecule has 2 heterocycles. The van der Waals surface area contributed by atoms with E-state index in [2.05, 4.69) is 14.7 Å². The monoisotopic (exact) mass is 374 g/mol. The summed E-state index contributed by atoms with van der Waals surface area (Å²) in [5.41, 5.74) is 1.85. The summed E-state index contributed by atoms with van der Waals surface area (Å²) in [7, 11) is 0. The van der Waals surface area contributed by atoms with Gasteiger partial charge in [-0.05, 0) is 55.0 Å². The van der Waals surface area contributed by atoms with Crippen LogP contribution < -0.4 is 10.3 Å². The van der Waals surface area contributed by atoms with Crippen molar-refractivity contribution in [2.75, 3.05) is 0 Å². The van der Waals surface area contributed by atoms with E-state index >= 15 is 0 Å². The first kappa shape index (κ1) is 16.9. The van der Waals surface area contributed by atoms with Gasteiger partial charge >= 0.3 is 6.61 Å². The van der Waals surface area contributed by atoms with Gasteiger partial charge in [-0.2, -0.15) is 8.78 Å². The van der Waals surface area contributed by atoms with Gasteiger partial charge in [0.05, 0.1) is 5.39 Å². The number of rotatable bonds is 4. The van der Waals surface area contributed by atoms with Crippen LogP contribution in [0.5, 0.6) is 5.75 Å². The molecule has 134 valence electrons. The molecular weight excluding hydrogens is 358 g/mol. The Kier molecular flexibility index (Phi) is 4.55. The lowest BCUT2D eigenvalue weighted by Crippen LogP contribution is -2.11. The van der Waals surface area contributed by atoms with Crippen molar-refractivity contribution in [2.45, 2.75) is 32.3 Å². The molecule has 4 rings (SSSR count). The molecule has 1 aliphatic carbocycles. The molecule has 1 aliphatic rings. The fraction of sp³-hybridized carbons (Fsp3) is 0.263. The molecule has 7 heteroatoms. The molecule has 26 heavy (non-hydrogen) atoms. The van der Waals surface area contributed by atoms with Gasteiger partial charge in [-0.25, -0.2) is 4.98 Å². The van der Waals surface area contributed by atoms with E-state index in [9.17, 15) is 13.6 Å². The maximum atomic E-state index is 12.5. The normalized spacial score (nSPS) is 14.3. The lowest BCUT2D eigenvalue weighted by molar-refractivity contribution is -0.0498. The summed E-state index contributed by atoms with van der Waals surface area (Å²) in [6.07, 6.45) is 7.73. The van der Waals surface area contributed by atoms with Gasteiger partial charge in [0.15, 0.2) is 0 Å². The fourth-order valence-corrected chi connectivity index (χ4v) is 4.46. The first-order valence-electron chi connectivity index (χ1n) is 8.38. The van der Waals surface area contributed by atoms with E-state index in [-0.39, 0.29) is 11.3 Å². The summed E-state index contributed by atoms with van der Waals surface area (Å²) >= 11 is 1.60. The third kappa shape index (κ3) is 3.39. The molecule has 0 saturated carbocycles. The maximum absolute atomic E-state index is 12.5. The minimum atomic E-state index is -2.84. The standard InChI is InChI=1S/C19H16F2N2O2S/c20-19(21)25-12-8-5-11(6-9-12)7-10-15-22-17(24)16-13-3-1-2-4-14(13)26-18(16)23-15/h5-10,19H,1-4H2,(H,22,23,24)/b10-7+. The summed E-state index contributed by atoms with van der Waals surface area (Å²) in [6.45, 7) is -2.84. The van der Waals surface area contributed by atoms with Gasteiger partial charge in [0.25, 0.3) is 5.56 Å². The Balaban J connectivity index is 1.61. The number of aromatic amines is 1. The van der Waals surface area contributed by atoms with Gasteiger partial charge in [0.1, 0.15) is 16.4 Å². The molecule has 3 aromatic rings. The Morgan fingerprint density at radius 2 is 1.92 bits per heavy atom. The van der Waals surface area contributed by atoms with Gasteiger partial charge in [0.2, 0.25) is 0 Å². The second kappa shape index (κ2) is 6.99. The number of alkyl halides is 2. The van der Waals surface area contributed by atoms with E-state index in [1.54, 1.807) is 35.6 Å². The lowest BCUT2D eigenvalue weighted by Gasteiger charge is -2.09. The third-order valence-corrected chi connectivity index (χ3v) is 5.57. The van der Waals surface area contributed by atoms with Gasteiger partial charge in [0, 0.05) is 4.88 Å². The maximum Gasteiger partial charge on any atom is 0.387 e. The molecule has 0 atom stereocenters. The average Bonchev–Trinajstić information content (AvgIpc) is 2.99. The zero-order valence-electron chi connectivity index (χ0n) is 13.8. The molecule has 0 bridgehead atoms. The molecule has 0 unspecified atom stereocenters. The molecule has 0 saturated heterocycles. The number of ether oxygens (including phenoxy) is 1. The van der Waals surface area contributed by atoms with Crippen LogP contribution in [0, 0.1) is 0 Å². The molecular formula is C19H16F2N2O2S. The highest BCUT2D eigenvalue weighted by Gasteiger charge is 2.19. The van der Waals surface area contributed by atoms with Gasteiger partial charge in [-0.15, -0.1) is 11.3 Å². The minimum Gasteiger partial charge on any atom is -0.435 e. The van der Waals surface area contributed by atoms with Crippen molar-refractivity contribution in [2.24, 2.45) is 0 Å². The molecule has 0 amide bonds. The van der Waals surface area contributed by atoms with Crippen molar-refractivity contribution in [3.63, 3.8) is 0 Å². The van der Waals surface area contributed by atoms with Crippen LogP contribution in [0.1, 0.15) is 34.7 Å². The summed E-state index contributed by atoms with van der Waals surface area (Å²) in [5.74, 6) is 0.586. The summed E-state index contributed by atoms with van der Waals surface area (Å²) in [4.78, 5) is 21.9. The van der Waals surface area contributed by atoms with E-state index in [1.807, 2.05) is 0 Å². The van der Waals surface area contributed by atoms with Crippen LogP contribution in [-0.2, 0) is 12.8 Å². The van der Waals surface area contributed by atoms with Crippen molar-refractivity contribution in [1.82, 2.24) is 9.97 Å². The summed E-state index contributed by atoms with van der Waals surface area (Å²) in [6, 6.07) is 6.26. The Morgan fingerprint density at radius 3 is 2.69 bits per heavy atom. The molecule has 0 aliphatic heterocycles. The number of benzene rings is 1. The van der Waals surface area contributed by atoms with Crippen LogP contribution in [0.4, 0.5) is 8.78 Å². The highest BCUT2D eigenvalue weighted by Crippen LogP contribution is 2.33. The Bertz CT molecular complexity index is 1020. The predicted molar refractivity (Wildman–Crippen MR) is 98.9 cm³/mol. The smallest absolute Gasteiger partial charge is 0.387 e. The third-order valence-electron chi connectivity index (χ3n) is 4.38. The Labute approximate surface area is 152 Å². The van der Waals surface area contributed by atoms with Crippen LogP contribution >= 0.6 is 11.3 Å². The number of H-pyrrole nitrogens is 1. The van der Waals surface area contributed by atoms with Crippen molar-refractivity contribution in [3.05, 3.63) is 56.4 Å². The van der Waals surface area contributed by atoms with Crippen LogP contribution in [0.25, 0.3) is 22.4 Å². The van der Waals surface area contributed by atoms with Crippen molar-refractivity contribution < 1.29 is 13.5 Å². The van der Waals surface area contributed by atoms with E-state index in [1.165, 1.54) is 17.0 Å². The van der Waals surface area contributed by atoms with Crippen molar-refractivity contribution in [3.8, 4) is 5.75 Å². The van der Waals surface area contributed by atoms with Gasteiger partial charge in [-0.1, -0.05) is 18.2 Å². The van der Waals surface area contributed by atoms with E-state index in [4.69, 9.17) is 0 Å². The van der Waals surface area contributed by atoms with Crippen LogP contribution in [0.2, 0.25) is 0 Å². The van der Waals surface area contributed by atoms with E-state index in [0.717, 1.165) is 47.0 Å². The van der Waals surface area contributed by atoms with E-state index < -0.39 is 6.61 Å². The Hall–Kier alpha value is -2.54. The van der Waals surface area contributed by atoms with Crippen molar-refractivity contribution in [1.29, 1.82) is 0 Å². The average molecular weight is 374 g/mol. The number of aromatic nitrogens is 2. The number of thiophene rings is 1. The highest BCUT2D eigenvalue weighted by atomic mass is 32.1. The second-order valence-electron chi connectivity index (χ2n) is 6.12. The van der Waals surface area contributed by atoms with Crippen molar-refractivity contribution >= 4 is 33.7 Å². The van der Waals surface area contributed by atoms with E-state index in [0.29, 0.717) is 5.82 Å². The largest absolute Gasteiger partial charge is 0.435 e. The Morgan fingerprint density at radius 1 is 1.15 bits per heavy atom. The molecule has 0 radical (unpaired) electrons. The van der Waals surface area contributed by atoms with Crippen LogP contribution in [-0.4, -0.2) is 16.6 Å². The van der Waals surface area contributed by atoms with Gasteiger partial charge < -0.3 is 9.72 Å². The fourth-order valence-electron chi connectivity index (χ4n) is 3.20. The molecule has 0 spiro atoms. The molecule has 0 fully saturated rings. The zero-order valence-corrected chi connectivity index (χ0v) is 14.6. The minimum absolute atomic E-state index is 0.102. The first-order chi connectivity index (χ1) is 12.6. The van der Waals surface area contributed by atoms with Gasteiger partial charge in [-0.3, -0.25) is 4.79 Å². The van der Waals surface area contributed by atoms with Crippen LogP contribution in [0.15, 0.2) is 29.1 Å². The number of hydrogen-bond donors (Lipinski definition) is 1. The molecule has 4 nitrogen and oxygen atoms in total. The highest BCUT2D eigenvalue weighted by molar-refractivity contribution is 7.18. The topological polar surface area (TPSA) is 55.0 Å². The predicted octanol–water partition coefficient (Wildman–Crippen LogP) is 4.64. The quantitative estimate of drug-likeness (QED) is 0.724. The molecule has 1 N–H and O–H groups in total. The summed E-state index contributed by atoms with van der Waals surface area (Å²) in [5, 5.41) is 0.732. The second-order valence-corrected chi connectivity index (χ2v) is 7.21. The number of halogens is 2. The molecule has 1 aromatic carbocycles. The first-order valence-corrected chi connectivity index (χ1v) is 9.19. The number of fused-ring (bicyclic) bond motifs is 3. The lowest BCUT2D eigenvalue weighted by atomic mass is 9.97. The SMILES string of the molecule is O=c1[nH]c(/C=C/c2ccc(OC(F)F)cc2)nc2sc3c(c12)CCCC3. The van der Waals surface area contributed by atoms with Crippen LogP contribution in [0.3, 0.4) is 0 Å². The number of aryl methyl sites for hydroxylation is 2. The number of nitrogens with one attached hydrogen (secondary N) is 1.